The van der Waals surface area contributed by atoms with Crippen LogP contribution >= 0.6 is 0 Å². The fourth-order valence-corrected chi connectivity index (χ4v) is 4.49. The van der Waals surface area contributed by atoms with Gasteiger partial charge in [-0.2, -0.15) is 0 Å². The Morgan fingerprint density at radius 1 is 0.857 bits per heavy atom. The highest BCUT2D eigenvalue weighted by atomic mass is 16.5. The molecule has 0 aliphatic heterocycles. The van der Waals surface area contributed by atoms with E-state index in [0.717, 1.165) is 35.2 Å². The van der Waals surface area contributed by atoms with Crippen molar-refractivity contribution in [2.45, 2.75) is 19.4 Å². The predicted molar refractivity (Wildman–Crippen MR) is 136 cm³/mol. The number of nitrogens with one attached hydrogen (secondary N) is 2. The monoisotopic (exact) mass is 466 g/mol. The minimum Gasteiger partial charge on any atom is -0.497 e. The minimum atomic E-state index is -0.280. The van der Waals surface area contributed by atoms with Crippen LogP contribution < -0.4 is 20.1 Å². The molecule has 4 aromatic rings. The summed E-state index contributed by atoms with van der Waals surface area (Å²) in [6.07, 6.45) is 2.06. The first-order chi connectivity index (χ1) is 17.1. The molecule has 4 aromatic carbocycles. The van der Waals surface area contributed by atoms with Crippen molar-refractivity contribution in [2.24, 2.45) is 0 Å². The van der Waals surface area contributed by atoms with Gasteiger partial charge in [0, 0.05) is 17.6 Å². The fourth-order valence-electron chi connectivity index (χ4n) is 4.49. The van der Waals surface area contributed by atoms with Gasteiger partial charge in [-0.25, -0.2) is 0 Å². The number of benzene rings is 4. The molecule has 6 heteroatoms. The van der Waals surface area contributed by atoms with Crippen LogP contribution in [0, 0.1) is 0 Å². The van der Waals surface area contributed by atoms with E-state index in [1.54, 1.807) is 31.4 Å². The molecule has 0 fully saturated rings. The Morgan fingerprint density at radius 3 is 2.43 bits per heavy atom. The molecular weight excluding hydrogens is 440 g/mol. The molecule has 0 radical (unpaired) electrons. The van der Waals surface area contributed by atoms with Gasteiger partial charge in [-0.3, -0.25) is 9.59 Å². The van der Waals surface area contributed by atoms with Crippen LogP contribution in [0.2, 0.25) is 0 Å². The number of ether oxygens (including phenoxy) is 2. The van der Waals surface area contributed by atoms with Crippen LogP contribution in [0.25, 0.3) is 10.8 Å². The van der Waals surface area contributed by atoms with E-state index in [9.17, 15) is 9.59 Å². The lowest BCUT2D eigenvalue weighted by molar-refractivity contribution is -0.118. The highest BCUT2D eigenvalue weighted by Crippen LogP contribution is 2.35. The van der Waals surface area contributed by atoms with Crippen LogP contribution in [0.3, 0.4) is 0 Å². The lowest BCUT2D eigenvalue weighted by atomic mass is 10.0. The van der Waals surface area contributed by atoms with Crippen molar-refractivity contribution in [3.63, 3.8) is 0 Å². The van der Waals surface area contributed by atoms with Gasteiger partial charge in [-0.05, 0) is 65.3 Å². The number of carbonyl (C=O) groups is 2. The molecule has 176 valence electrons. The second kappa shape index (κ2) is 9.89. The quantitative estimate of drug-likeness (QED) is 0.388. The van der Waals surface area contributed by atoms with Crippen LogP contribution in [0.5, 0.6) is 11.5 Å². The zero-order valence-electron chi connectivity index (χ0n) is 19.5. The number of rotatable bonds is 8. The average Bonchev–Trinajstić information content (AvgIpc) is 3.32. The Balaban J connectivity index is 1.22. The minimum absolute atomic E-state index is 0.203. The van der Waals surface area contributed by atoms with Crippen LogP contribution in [-0.2, 0) is 24.2 Å². The number of carbonyl (C=O) groups excluding carboxylic acids is 2. The van der Waals surface area contributed by atoms with Gasteiger partial charge in [-0.1, -0.05) is 48.5 Å². The number of hydrogen-bond donors (Lipinski definition) is 2. The smallest absolute Gasteiger partial charge is 0.262 e. The summed E-state index contributed by atoms with van der Waals surface area (Å²) in [6.45, 7) is 0.161. The van der Waals surface area contributed by atoms with Crippen molar-refractivity contribution in [1.29, 1.82) is 0 Å². The Kier molecular flexibility index (Phi) is 6.35. The molecule has 2 N–H and O–H groups in total. The molecule has 0 heterocycles. The molecule has 35 heavy (non-hydrogen) atoms. The second-order valence-electron chi connectivity index (χ2n) is 8.48. The molecule has 0 saturated carbocycles. The Labute approximate surface area is 203 Å². The summed E-state index contributed by atoms with van der Waals surface area (Å²) >= 11 is 0. The molecule has 6 nitrogen and oxygen atoms in total. The summed E-state index contributed by atoms with van der Waals surface area (Å²) in [6, 6.07) is 24.6. The molecule has 0 bridgehead atoms. The molecule has 1 aliphatic rings. The molecule has 0 atom stereocenters. The Morgan fingerprint density at radius 2 is 1.63 bits per heavy atom. The topological polar surface area (TPSA) is 76.7 Å². The summed E-state index contributed by atoms with van der Waals surface area (Å²) in [5.74, 6) is 0.561. The highest BCUT2D eigenvalue weighted by Gasteiger charge is 2.17. The maximum Gasteiger partial charge on any atom is 0.262 e. The van der Waals surface area contributed by atoms with Gasteiger partial charge in [0.2, 0.25) is 0 Å². The van der Waals surface area contributed by atoms with E-state index in [1.165, 1.54) is 16.5 Å². The zero-order chi connectivity index (χ0) is 24.2. The van der Waals surface area contributed by atoms with Crippen LogP contribution in [0.4, 0.5) is 5.69 Å². The van der Waals surface area contributed by atoms with E-state index >= 15 is 0 Å². The third kappa shape index (κ3) is 4.82. The van der Waals surface area contributed by atoms with E-state index in [1.807, 2.05) is 42.5 Å². The number of hydrogen-bond acceptors (Lipinski definition) is 4. The van der Waals surface area contributed by atoms with Gasteiger partial charge in [0.05, 0.1) is 12.7 Å². The van der Waals surface area contributed by atoms with Gasteiger partial charge >= 0.3 is 0 Å². The summed E-state index contributed by atoms with van der Waals surface area (Å²) in [5.41, 5.74) is 4.73. The standard InChI is InChI=1S/C29H26N2O4/c1-34-22-14-9-19(10-15-22)17-30-29(33)24-6-2-3-8-26(24)35-18-27(32)31-25-16-13-21-12-11-20-5-4-7-23(25)28(20)21/h2-10,13-16H,11-12,17-18H2,1H3,(H,30,33)(H,31,32). The maximum atomic E-state index is 12.8. The zero-order valence-corrected chi connectivity index (χ0v) is 19.5. The van der Waals surface area contributed by atoms with Crippen LogP contribution in [-0.4, -0.2) is 25.5 Å². The maximum absolute atomic E-state index is 12.8. The highest BCUT2D eigenvalue weighted by molar-refractivity contribution is 6.05. The van der Waals surface area contributed by atoms with Crippen LogP contribution in [0.15, 0.2) is 78.9 Å². The third-order valence-corrected chi connectivity index (χ3v) is 6.25. The van der Waals surface area contributed by atoms with Crippen molar-refractivity contribution < 1.29 is 19.1 Å². The summed E-state index contributed by atoms with van der Waals surface area (Å²) in [5, 5.41) is 8.15. The van der Waals surface area contributed by atoms with Gasteiger partial charge in [0.25, 0.3) is 11.8 Å². The lowest BCUT2D eigenvalue weighted by Gasteiger charge is -2.13. The SMILES string of the molecule is COc1ccc(CNC(=O)c2ccccc2OCC(=O)Nc2ccc3c4c(cccc24)CC3)cc1. The Hall–Kier alpha value is -4.32. The molecule has 0 aromatic heterocycles. The van der Waals surface area contributed by atoms with Gasteiger partial charge in [0.15, 0.2) is 6.61 Å². The summed E-state index contributed by atoms with van der Waals surface area (Å²) in [4.78, 5) is 25.5. The molecule has 0 spiro atoms. The van der Waals surface area contributed by atoms with Gasteiger partial charge < -0.3 is 20.1 Å². The number of anilines is 1. The van der Waals surface area contributed by atoms with E-state index < -0.39 is 0 Å². The van der Waals surface area contributed by atoms with Gasteiger partial charge in [0.1, 0.15) is 11.5 Å². The first-order valence-electron chi connectivity index (χ1n) is 11.6. The first-order valence-corrected chi connectivity index (χ1v) is 11.6. The van der Waals surface area contributed by atoms with E-state index in [2.05, 4.69) is 22.8 Å². The van der Waals surface area contributed by atoms with Crippen molar-refractivity contribution >= 4 is 28.3 Å². The Bertz CT molecular complexity index is 1390. The van der Waals surface area contributed by atoms with E-state index in [-0.39, 0.29) is 18.4 Å². The van der Waals surface area contributed by atoms with Gasteiger partial charge in [-0.15, -0.1) is 0 Å². The number of amides is 2. The van der Waals surface area contributed by atoms with Crippen molar-refractivity contribution in [1.82, 2.24) is 5.32 Å². The second-order valence-corrected chi connectivity index (χ2v) is 8.48. The van der Waals surface area contributed by atoms with Crippen molar-refractivity contribution in [3.8, 4) is 11.5 Å². The largest absolute Gasteiger partial charge is 0.497 e. The molecule has 0 saturated heterocycles. The predicted octanol–water partition coefficient (Wildman–Crippen LogP) is 4.89. The molecule has 2 amide bonds. The molecule has 1 aliphatic carbocycles. The van der Waals surface area contributed by atoms with Crippen LogP contribution in [0.1, 0.15) is 27.0 Å². The average molecular weight is 467 g/mol. The van der Waals surface area contributed by atoms with Crippen molar-refractivity contribution in [2.75, 3.05) is 19.0 Å². The third-order valence-electron chi connectivity index (χ3n) is 6.25. The number of para-hydroxylation sites is 1. The summed E-state index contributed by atoms with van der Waals surface area (Å²) < 4.78 is 10.9. The fraction of sp³-hybridized carbons (Fsp3) is 0.172. The normalized spacial score (nSPS) is 11.8. The lowest BCUT2D eigenvalue weighted by Crippen LogP contribution is -2.25. The first kappa shape index (κ1) is 22.5. The summed E-state index contributed by atoms with van der Waals surface area (Å²) in [7, 11) is 1.61. The van der Waals surface area contributed by atoms with Crippen molar-refractivity contribution in [3.05, 3.63) is 101 Å². The molecule has 5 rings (SSSR count). The number of aryl methyl sites for hydroxylation is 2. The molecular formula is C29H26N2O4. The molecule has 0 unspecified atom stereocenters. The van der Waals surface area contributed by atoms with E-state index in [4.69, 9.17) is 9.47 Å². The number of methoxy groups -OCH3 is 1. The van der Waals surface area contributed by atoms with E-state index in [0.29, 0.717) is 17.9 Å².